The maximum absolute atomic E-state index is 15.0. The molecule has 14 atom stereocenters. The number of carbonyl (C=O) groups excluding carboxylic acids is 14. The van der Waals surface area contributed by atoms with Gasteiger partial charge in [-0.05, 0) is 236 Å². The Bertz CT molecular complexity index is 5380. The van der Waals surface area contributed by atoms with E-state index in [4.69, 9.17) is 0 Å². The lowest BCUT2D eigenvalue weighted by Gasteiger charge is -2.38. The molecule has 2 unspecified atom stereocenters. The molecule has 774 valence electrons. The van der Waals surface area contributed by atoms with E-state index in [0.29, 0.717) is 148 Å². The molecule has 14 N–H and O–H groups in total. The molecule has 36 nitrogen and oxygen atoms in total. The SMILES string of the molecule is CC[C@H](C)[C@@H]1NC(=O)[C@H](CC(=O)O)NC(=O)[C@H](CC(C)C)NC(=O)c2ccc(-c3ccc(N4CCN(C(=O)c5ccccc5-c5ccccc5C(=O)N5CCN(c6ccc(-c7ccc8cc7CNC(=O)[C@@H]7CCCN7C(C(=O)NC(C)(C)C)[C@H](C)NC(=O)[C@H]([C@@H](C)CC)NC(=O)[C@H](CC(=O)O)NC(=O)[C@H](CC(C)C)NC8=O)cc6)CC5)CC4)cc3)c(c2)CNC(=O)[C@@H]2CCCN2C(C(=O)NC(C)(C)C)[C@H](C)NC1=O. The van der Waals surface area contributed by atoms with E-state index in [0.717, 1.165) is 22.5 Å². The van der Waals surface area contributed by atoms with Gasteiger partial charge < -0.3 is 93.6 Å². The largest absolute Gasteiger partial charge is 0.481 e. The van der Waals surface area contributed by atoms with Crippen LogP contribution in [0.2, 0.25) is 0 Å². The molecule has 12 rings (SSSR count). The molecule has 36 heteroatoms. The number of hydrogen-bond donors (Lipinski definition) is 14. The quantitative estimate of drug-likeness (QED) is 0.0329. The first kappa shape index (κ1) is 109. The Kier molecular flexibility index (Phi) is 36.5. The van der Waals surface area contributed by atoms with Crippen LogP contribution < -0.4 is 73.6 Å². The van der Waals surface area contributed by atoms with E-state index >= 15 is 9.59 Å². The van der Waals surface area contributed by atoms with Crippen LogP contribution in [0.5, 0.6) is 0 Å². The first-order valence-corrected chi connectivity index (χ1v) is 50.6. The lowest BCUT2D eigenvalue weighted by Crippen LogP contribution is -2.64. The molecule has 0 radical (unpaired) electrons. The van der Waals surface area contributed by atoms with Crippen LogP contribution in [0, 0.1) is 23.7 Å². The molecule has 0 spiro atoms. The first-order valence-electron chi connectivity index (χ1n) is 50.6. The minimum Gasteiger partial charge on any atom is -0.481 e. The Morgan fingerprint density at radius 2 is 0.715 bits per heavy atom. The van der Waals surface area contributed by atoms with Gasteiger partial charge in [-0.1, -0.05) is 141 Å². The fourth-order valence-electron chi connectivity index (χ4n) is 20.0. The third-order valence-electron chi connectivity index (χ3n) is 27.9. The summed E-state index contributed by atoms with van der Waals surface area (Å²) in [4.78, 5) is 241. The average Bonchev–Trinajstić information content (AvgIpc) is 1.76. The molecular formula is C108H144N18O18. The van der Waals surface area contributed by atoms with Crippen molar-refractivity contribution in [2.24, 2.45) is 23.7 Å². The van der Waals surface area contributed by atoms with Crippen LogP contribution in [0.1, 0.15) is 228 Å². The predicted octanol–water partition coefficient (Wildman–Crippen LogP) is 7.65. The Labute approximate surface area is 842 Å². The van der Waals surface area contributed by atoms with Gasteiger partial charge >= 0.3 is 11.9 Å². The number of carboxylic acids is 2. The molecule has 6 aromatic rings. The molecule has 0 aliphatic carbocycles. The fourth-order valence-corrected chi connectivity index (χ4v) is 20.0. The molecule has 6 aliphatic heterocycles. The van der Waals surface area contributed by atoms with E-state index in [1.807, 2.05) is 166 Å². The molecule has 6 heterocycles. The van der Waals surface area contributed by atoms with E-state index in [-0.39, 0.29) is 60.7 Å². The van der Waals surface area contributed by atoms with Crippen molar-refractivity contribution < 1.29 is 86.9 Å². The van der Waals surface area contributed by atoms with Crippen LogP contribution in [0.15, 0.2) is 133 Å². The summed E-state index contributed by atoms with van der Waals surface area (Å²) in [5, 5.41) is 54.6. The van der Waals surface area contributed by atoms with E-state index < -0.39 is 191 Å². The van der Waals surface area contributed by atoms with Crippen molar-refractivity contribution in [3.05, 3.63) is 167 Å². The highest BCUT2D eigenvalue weighted by atomic mass is 16.4. The molecular weight excluding hydrogens is 1840 g/mol. The second kappa shape index (κ2) is 48.2. The summed E-state index contributed by atoms with van der Waals surface area (Å²) in [5.41, 5.74) is 6.40. The highest BCUT2D eigenvalue weighted by Gasteiger charge is 2.47. The van der Waals surface area contributed by atoms with Gasteiger partial charge in [0.2, 0.25) is 59.1 Å². The number of nitrogens with zero attached hydrogens (tertiary/aromatic N) is 6. The molecule has 6 aliphatic rings. The van der Waals surface area contributed by atoms with Gasteiger partial charge in [0, 0.05) is 110 Å². The third-order valence-corrected chi connectivity index (χ3v) is 27.9. The van der Waals surface area contributed by atoms with Crippen molar-refractivity contribution in [1.82, 2.24) is 83.4 Å². The molecule has 4 bridgehead atoms. The van der Waals surface area contributed by atoms with Crippen molar-refractivity contribution in [1.29, 1.82) is 0 Å². The standard InChI is InChI=1S/C108H144N18O18/c1-17-63(7)89-101(139)111-65(9)91(103(141)119-107(11,12)13)125-43-23-29-85(125)99(137)109-59-71-55-69(93(131)113-81(53-61(3)4)95(133)115-83(57-87(127)128)97(135)117-89)35-41-75(71)67-31-37-73(38-32-67)121-45-49-123(50-46-121)105(143)79-27-21-19-25-77(79)78-26-20-22-28-80(78)106(144)124-51-47-122(48-52-124)74-39-33-68(34-40-74)76-42-36-70-56-72(76)60-110-100(138)86-30-24-44-126(86)92(104(142)120-108(14,15)16)66(10)112-102(140)90(64(8)18-2)118-98(136)84(58-88(129)130)116-96(134)82(54-62(5)6)114-94(70)132/h19-22,25-28,31-42,55-56,61-66,81-86,89-92H,17-18,23-24,29-30,43-54,57-60H2,1-16H3,(H,109,137)(H,110,138)(H,111,139)(H,112,140)(H,113,131)(H,114,132)(H,115,133)(H,116,134)(H,117,135)(H,118,136)(H,119,141)(H,120,142)(H,127,128)(H,129,130)/t63-,64-,65-,66-,81-,82-,83-,84-,85-,86-,89-,90-,91?,92?/m0/s1. The summed E-state index contributed by atoms with van der Waals surface area (Å²) >= 11 is 0. The second-order valence-corrected chi connectivity index (χ2v) is 42.1. The normalized spacial score (nSPS) is 23.7. The number of fused-ring (bicyclic) bond motifs is 6. The van der Waals surface area contributed by atoms with Gasteiger partial charge in [-0.15, -0.1) is 0 Å². The van der Waals surface area contributed by atoms with Gasteiger partial charge in [0.25, 0.3) is 23.6 Å². The highest BCUT2D eigenvalue weighted by Crippen LogP contribution is 2.36. The van der Waals surface area contributed by atoms with Gasteiger partial charge in [0.15, 0.2) is 0 Å². The Balaban J connectivity index is 0.735. The number of aliphatic carboxylic acids is 2. The van der Waals surface area contributed by atoms with Crippen molar-refractivity contribution in [2.75, 3.05) is 75.2 Å². The number of rotatable bonds is 21. The number of anilines is 2. The zero-order chi connectivity index (χ0) is 105. The molecule has 4 saturated heterocycles. The van der Waals surface area contributed by atoms with Gasteiger partial charge in [-0.3, -0.25) is 86.5 Å². The Hall–Kier alpha value is -13.6. The number of carbonyl (C=O) groups is 16. The molecule has 0 aromatic heterocycles. The third kappa shape index (κ3) is 27.7. The number of piperazine rings is 2. The number of carboxylic acid groups (broad SMARTS) is 2. The molecule has 4 fully saturated rings. The minimum absolute atomic E-state index is 0.0863. The van der Waals surface area contributed by atoms with Crippen molar-refractivity contribution in [2.45, 2.75) is 272 Å². The van der Waals surface area contributed by atoms with E-state index in [1.54, 1.807) is 98.2 Å². The van der Waals surface area contributed by atoms with E-state index in [1.165, 1.54) is 0 Å². The average molecular weight is 1980 g/mol. The maximum Gasteiger partial charge on any atom is 0.305 e. The molecule has 144 heavy (non-hydrogen) atoms. The summed E-state index contributed by atoms with van der Waals surface area (Å²) in [6, 6.07) is 26.0. The zero-order valence-electron chi connectivity index (χ0n) is 85.6. The summed E-state index contributed by atoms with van der Waals surface area (Å²) in [5.74, 6) is -12.6. The lowest BCUT2D eigenvalue weighted by atomic mass is 9.93. The molecule has 6 aromatic carbocycles. The van der Waals surface area contributed by atoms with E-state index in [2.05, 4.69) is 73.6 Å². The number of amides is 14. The van der Waals surface area contributed by atoms with E-state index in [9.17, 15) is 77.3 Å². The Morgan fingerprint density at radius 3 is 1.04 bits per heavy atom. The number of benzene rings is 6. The van der Waals surface area contributed by atoms with Crippen LogP contribution in [0.25, 0.3) is 33.4 Å². The Morgan fingerprint density at radius 1 is 0.382 bits per heavy atom. The summed E-state index contributed by atoms with van der Waals surface area (Å²) < 4.78 is 0. The van der Waals surface area contributed by atoms with Gasteiger partial charge in [0.05, 0.1) is 37.0 Å². The maximum atomic E-state index is 15.0. The zero-order valence-corrected chi connectivity index (χ0v) is 85.6. The van der Waals surface area contributed by atoms with Crippen LogP contribution in [0.4, 0.5) is 11.4 Å². The smallest absolute Gasteiger partial charge is 0.305 e. The lowest BCUT2D eigenvalue weighted by molar-refractivity contribution is -0.142. The van der Waals surface area contributed by atoms with Crippen molar-refractivity contribution in [3.63, 3.8) is 0 Å². The van der Waals surface area contributed by atoms with Crippen LogP contribution in [-0.2, 0) is 70.6 Å². The van der Waals surface area contributed by atoms with Crippen molar-refractivity contribution >= 4 is 106 Å². The number of hydrogen-bond acceptors (Lipinski definition) is 20. The van der Waals surface area contributed by atoms with Gasteiger partial charge in [-0.25, -0.2) is 0 Å². The van der Waals surface area contributed by atoms with Crippen LogP contribution in [0.3, 0.4) is 0 Å². The predicted molar refractivity (Wildman–Crippen MR) is 546 cm³/mol. The van der Waals surface area contributed by atoms with Crippen LogP contribution in [-0.4, -0.2) is 273 Å². The van der Waals surface area contributed by atoms with Crippen molar-refractivity contribution in [3.8, 4) is 33.4 Å². The summed E-state index contributed by atoms with van der Waals surface area (Å²) in [6.45, 7) is 32.4. The monoisotopic (exact) mass is 1980 g/mol. The second-order valence-electron chi connectivity index (χ2n) is 42.1. The number of nitrogens with one attached hydrogen (secondary N) is 12. The molecule has 0 saturated carbocycles. The molecule has 14 amide bonds. The first-order chi connectivity index (χ1) is 68.3. The fraction of sp³-hybridized carbons (Fsp3) is 0.519. The van der Waals surface area contributed by atoms with Gasteiger partial charge in [-0.2, -0.15) is 0 Å². The summed E-state index contributed by atoms with van der Waals surface area (Å²) in [7, 11) is 0. The highest BCUT2D eigenvalue weighted by molar-refractivity contribution is 6.08. The topological polar surface area (TPSA) is 477 Å². The van der Waals surface area contributed by atoms with Gasteiger partial charge in [0.1, 0.15) is 48.3 Å². The minimum atomic E-state index is -1.68. The van der Waals surface area contributed by atoms with Crippen LogP contribution >= 0.6 is 0 Å². The summed E-state index contributed by atoms with van der Waals surface area (Å²) in [6.07, 6.45) is 1.03.